The monoisotopic (exact) mass is 392 g/mol. The average molecular weight is 392 g/mol. The molecule has 0 radical (unpaired) electrons. The van der Waals surface area contributed by atoms with Crippen LogP contribution in [0.2, 0.25) is 0 Å². The molecule has 0 aliphatic carbocycles. The number of ether oxygens (including phenoxy) is 1. The minimum absolute atomic E-state index is 0.00570. The summed E-state index contributed by atoms with van der Waals surface area (Å²) in [6.07, 6.45) is 0.0790. The van der Waals surface area contributed by atoms with Gasteiger partial charge in [0.05, 0.1) is 5.69 Å². The van der Waals surface area contributed by atoms with Crippen LogP contribution >= 0.6 is 0 Å². The molecule has 3 aromatic rings. The summed E-state index contributed by atoms with van der Waals surface area (Å²) in [6.45, 7) is 4.30. The summed E-state index contributed by atoms with van der Waals surface area (Å²) in [5.74, 6) is 0.473. The zero-order chi connectivity index (χ0) is 20.2. The topological polar surface area (TPSA) is 32.8 Å². The van der Waals surface area contributed by atoms with E-state index in [4.69, 9.17) is 4.74 Å². The van der Waals surface area contributed by atoms with Crippen molar-refractivity contribution in [2.24, 2.45) is 0 Å². The predicted octanol–water partition coefficient (Wildman–Crippen LogP) is 4.49. The molecule has 1 saturated heterocycles. The number of carbonyl (C=O) groups is 1. The van der Waals surface area contributed by atoms with E-state index in [0.717, 1.165) is 10.8 Å². The van der Waals surface area contributed by atoms with E-state index in [2.05, 4.69) is 6.07 Å². The van der Waals surface area contributed by atoms with Crippen LogP contribution in [0.15, 0.2) is 66.7 Å². The molecular formula is C24H25FN2O2. The maximum Gasteiger partial charge on any atom is 0.263 e. The van der Waals surface area contributed by atoms with Gasteiger partial charge in [0.15, 0.2) is 6.10 Å². The standard InChI is InChI=1S/C24H25FN2O2/c1-2-23(29-20-12-11-18-7-3-4-8-19(18)17-20)24(28)27-15-13-26(14-16-27)22-10-6-5-9-21(22)25/h3-12,17,23H,2,13-16H2,1H3. The molecule has 29 heavy (non-hydrogen) atoms. The molecule has 1 aliphatic rings. The number of para-hydroxylation sites is 1. The summed E-state index contributed by atoms with van der Waals surface area (Å²) in [4.78, 5) is 16.8. The van der Waals surface area contributed by atoms with E-state index < -0.39 is 6.10 Å². The third kappa shape index (κ3) is 4.19. The van der Waals surface area contributed by atoms with Gasteiger partial charge in [0.2, 0.25) is 0 Å². The highest BCUT2D eigenvalue weighted by Gasteiger charge is 2.28. The lowest BCUT2D eigenvalue weighted by atomic mass is 10.1. The van der Waals surface area contributed by atoms with E-state index in [9.17, 15) is 9.18 Å². The number of carbonyl (C=O) groups excluding carboxylic acids is 1. The first-order chi connectivity index (χ1) is 14.2. The minimum atomic E-state index is -0.517. The van der Waals surface area contributed by atoms with Crippen molar-refractivity contribution in [2.75, 3.05) is 31.1 Å². The Kier molecular flexibility index (Phi) is 5.65. The number of halogens is 1. The molecule has 0 N–H and O–H groups in total. The zero-order valence-corrected chi connectivity index (χ0v) is 16.6. The van der Waals surface area contributed by atoms with E-state index in [1.165, 1.54) is 6.07 Å². The van der Waals surface area contributed by atoms with Gasteiger partial charge in [-0.15, -0.1) is 0 Å². The van der Waals surface area contributed by atoms with Crippen LogP contribution in [0.1, 0.15) is 13.3 Å². The maximum atomic E-state index is 14.0. The lowest BCUT2D eigenvalue weighted by Gasteiger charge is -2.37. The molecule has 0 saturated carbocycles. The molecule has 4 nitrogen and oxygen atoms in total. The third-order valence-corrected chi connectivity index (χ3v) is 5.43. The van der Waals surface area contributed by atoms with Crippen LogP contribution in [0.4, 0.5) is 10.1 Å². The van der Waals surface area contributed by atoms with E-state index in [1.54, 1.807) is 12.1 Å². The number of rotatable bonds is 5. The Bertz CT molecular complexity index is 999. The van der Waals surface area contributed by atoms with Crippen molar-refractivity contribution in [3.8, 4) is 5.75 Å². The van der Waals surface area contributed by atoms with Crippen LogP contribution in [0.3, 0.4) is 0 Å². The normalized spacial score (nSPS) is 15.4. The van der Waals surface area contributed by atoms with Crippen LogP contribution in [-0.2, 0) is 4.79 Å². The fourth-order valence-corrected chi connectivity index (χ4v) is 3.79. The van der Waals surface area contributed by atoms with Crippen LogP contribution < -0.4 is 9.64 Å². The Hall–Kier alpha value is -3.08. The lowest BCUT2D eigenvalue weighted by Crippen LogP contribution is -2.52. The smallest absolute Gasteiger partial charge is 0.263 e. The summed E-state index contributed by atoms with van der Waals surface area (Å²) in [5, 5.41) is 2.23. The Morgan fingerprint density at radius 1 is 0.966 bits per heavy atom. The average Bonchev–Trinajstić information content (AvgIpc) is 2.77. The Morgan fingerprint density at radius 2 is 1.66 bits per heavy atom. The van der Waals surface area contributed by atoms with Crippen molar-refractivity contribution in [2.45, 2.75) is 19.4 Å². The van der Waals surface area contributed by atoms with Gasteiger partial charge in [-0.25, -0.2) is 4.39 Å². The van der Waals surface area contributed by atoms with Crippen LogP contribution in [0.5, 0.6) is 5.75 Å². The molecule has 1 atom stereocenters. The highest BCUT2D eigenvalue weighted by atomic mass is 19.1. The first-order valence-electron chi connectivity index (χ1n) is 10.1. The number of hydrogen-bond donors (Lipinski definition) is 0. The molecule has 0 spiro atoms. The fourth-order valence-electron chi connectivity index (χ4n) is 3.79. The van der Waals surface area contributed by atoms with Gasteiger partial charge in [0.1, 0.15) is 11.6 Å². The second kappa shape index (κ2) is 8.52. The number of benzene rings is 3. The third-order valence-electron chi connectivity index (χ3n) is 5.43. The summed E-state index contributed by atoms with van der Waals surface area (Å²) in [5.41, 5.74) is 0.596. The summed E-state index contributed by atoms with van der Waals surface area (Å²) < 4.78 is 20.1. The van der Waals surface area contributed by atoms with Crippen molar-refractivity contribution in [1.29, 1.82) is 0 Å². The van der Waals surface area contributed by atoms with Crippen molar-refractivity contribution in [1.82, 2.24) is 4.90 Å². The molecule has 1 heterocycles. The second-order valence-electron chi connectivity index (χ2n) is 7.29. The molecule has 0 bridgehead atoms. The van der Waals surface area contributed by atoms with Crippen LogP contribution in [0, 0.1) is 5.82 Å². The first-order valence-corrected chi connectivity index (χ1v) is 10.1. The van der Waals surface area contributed by atoms with Crippen molar-refractivity contribution < 1.29 is 13.9 Å². The quantitative estimate of drug-likeness (QED) is 0.642. The maximum absolute atomic E-state index is 14.0. The Labute approximate surface area is 170 Å². The van der Waals surface area contributed by atoms with Gasteiger partial charge >= 0.3 is 0 Å². The SMILES string of the molecule is CCC(Oc1ccc2ccccc2c1)C(=O)N1CCN(c2ccccc2F)CC1. The summed E-state index contributed by atoms with van der Waals surface area (Å²) in [6, 6.07) is 20.7. The Balaban J connectivity index is 1.40. The van der Waals surface area contributed by atoms with E-state index >= 15 is 0 Å². The van der Waals surface area contributed by atoms with Crippen molar-refractivity contribution in [3.05, 3.63) is 72.5 Å². The number of hydrogen-bond acceptors (Lipinski definition) is 3. The van der Waals surface area contributed by atoms with Gasteiger partial charge in [-0.3, -0.25) is 4.79 Å². The lowest BCUT2D eigenvalue weighted by molar-refractivity contribution is -0.139. The second-order valence-corrected chi connectivity index (χ2v) is 7.29. The van der Waals surface area contributed by atoms with E-state index in [-0.39, 0.29) is 11.7 Å². The zero-order valence-electron chi connectivity index (χ0n) is 16.6. The number of amides is 1. The van der Waals surface area contributed by atoms with Gasteiger partial charge in [-0.2, -0.15) is 0 Å². The van der Waals surface area contributed by atoms with Gasteiger partial charge in [-0.1, -0.05) is 49.4 Å². The summed E-state index contributed by atoms with van der Waals surface area (Å²) in [7, 11) is 0. The molecular weight excluding hydrogens is 367 g/mol. The fraction of sp³-hybridized carbons (Fsp3) is 0.292. The molecule has 0 aromatic heterocycles. The summed E-state index contributed by atoms with van der Waals surface area (Å²) >= 11 is 0. The first kappa shape index (κ1) is 19.2. The molecule has 4 rings (SSSR count). The molecule has 1 aliphatic heterocycles. The Morgan fingerprint density at radius 3 is 2.38 bits per heavy atom. The van der Waals surface area contributed by atoms with Gasteiger partial charge in [-0.05, 0) is 41.5 Å². The molecule has 3 aromatic carbocycles. The van der Waals surface area contributed by atoms with Crippen molar-refractivity contribution in [3.63, 3.8) is 0 Å². The molecule has 1 unspecified atom stereocenters. The molecule has 5 heteroatoms. The number of piperazine rings is 1. The van der Waals surface area contributed by atoms with Gasteiger partial charge < -0.3 is 14.5 Å². The highest BCUT2D eigenvalue weighted by Crippen LogP contribution is 2.24. The molecule has 1 amide bonds. The van der Waals surface area contributed by atoms with Gasteiger partial charge in [0, 0.05) is 26.2 Å². The number of fused-ring (bicyclic) bond motifs is 1. The number of anilines is 1. The molecule has 1 fully saturated rings. The van der Waals surface area contributed by atoms with E-state index in [1.807, 2.05) is 59.2 Å². The highest BCUT2D eigenvalue weighted by molar-refractivity contribution is 5.84. The van der Waals surface area contributed by atoms with Crippen LogP contribution in [-0.4, -0.2) is 43.1 Å². The number of nitrogens with zero attached hydrogens (tertiary/aromatic N) is 2. The minimum Gasteiger partial charge on any atom is -0.481 e. The molecule has 150 valence electrons. The largest absolute Gasteiger partial charge is 0.481 e. The van der Waals surface area contributed by atoms with Crippen molar-refractivity contribution >= 4 is 22.4 Å². The van der Waals surface area contributed by atoms with Gasteiger partial charge in [0.25, 0.3) is 5.91 Å². The predicted molar refractivity (Wildman–Crippen MR) is 114 cm³/mol. The van der Waals surface area contributed by atoms with Crippen LogP contribution in [0.25, 0.3) is 10.8 Å². The van der Waals surface area contributed by atoms with E-state index in [0.29, 0.717) is 44.0 Å².